The Morgan fingerprint density at radius 1 is 1.25 bits per heavy atom. The lowest BCUT2D eigenvalue weighted by Gasteiger charge is -2.20. The van der Waals surface area contributed by atoms with Gasteiger partial charge in [0.1, 0.15) is 0 Å². The number of hydrogen-bond donors (Lipinski definition) is 2. The Kier molecular flexibility index (Phi) is 3.94. The Hall–Kier alpha value is -1.06. The first-order valence-electron chi connectivity index (χ1n) is 5.80. The van der Waals surface area contributed by atoms with Gasteiger partial charge in [0.2, 0.25) is 5.91 Å². The van der Waals surface area contributed by atoms with Gasteiger partial charge in [-0.05, 0) is 24.7 Å². The van der Waals surface area contributed by atoms with E-state index in [0.29, 0.717) is 25.8 Å². The van der Waals surface area contributed by atoms with Crippen molar-refractivity contribution in [3.8, 4) is 0 Å². The quantitative estimate of drug-likeness (QED) is 0.770. The van der Waals surface area contributed by atoms with Gasteiger partial charge < -0.3 is 10.4 Å². The molecule has 0 heterocycles. The van der Waals surface area contributed by atoms with E-state index in [2.05, 4.69) is 26.1 Å². The number of carboxylic acids is 1. The summed E-state index contributed by atoms with van der Waals surface area (Å²) < 4.78 is 0. The van der Waals surface area contributed by atoms with E-state index < -0.39 is 5.97 Å². The molecule has 0 spiro atoms. The lowest BCUT2D eigenvalue weighted by Crippen LogP contribution is -2.36. The molecule has 1 fully saturated rings. The Labute approximate surface area is 96.4 Å². The van der Waals surface area contributed by atoms with Gasteiger partial charge in [-0.3, -0.25) is 9.59 Å². The van der Waals surface area contributed by atoms with Crippen LogP contribution in [0, 0.1) is 17.3 Å². The van der Waals surface area contributed by atoms with Crippen molar-refractivity contribution in [2.45, 2.75) is 40.0 Å². The van der Waals surface area contributed by atoms with Crippen molar-refractivity contribution in [3.63, 3.8) is 0 Å². The summed E-state index contributed by atoms with van der Waals surface area (Å²) in [7, 11) is 0. The summed E-state index contributed by atoms with van der Waals surface area (Å²) in [6.45, 7) is 6.81. The molecule has 4 heteroatoms. The second-order valence-corrected chi connectivity index (χ2v) is 5.82. The van der Waals surface area contributed by atoms with Crippen LogP contribution in [0.3, 0.4) is 0 Å². The molecule has 4 nitrogen and oxygen atoms in total. The molecule has 2 unspecified atom stereocenters. The summed E-state index contributed by atoms with van der Waals surface area (Å²) in [5.41, 5.74) is 0.0699. The zero-order valence-electron chi connectivity index (χ0n) is 10.2. The minimum absolute atomic E-state index is 0.0127. The summed E-state index contributed by atoms with van der Waals surface area (Å²) in [6, 6.07) is 0. The van der Waals surface area contributed by atoms with Crippen LogP contribution in [0.5, 0.6) is 0 Å². The average Bonchev–Trinajstić information content (AvgIpc) is 2.61. The third-order valence-corrected chi connectivity index (χ3v) is 2.95. The third-order valence-electron chi connectivity index (χ3n) is 2.95. The van der Waals surface area contributed by atoms with Gasteiger partial charge in [-0.2, -0.15) is 0 Å². The lowest BCUT2D eigenvalue weighted by atomic mass is 9.96. The molecule has 0 saturated heterocycles. The van der Waals surface area contributed by atoms with Gasteiger partial charge in [0.05, 0.1) is 5.92 Å². The number of rotatable bonds is 3. The maximum absolute atomic E-state index is 11.8. The molecular weight excluding hydrogens is 206 g/mol. The number of amides is 1. The smallest absolute Gasteiger partial charge is 0.306 e. The summed E-state index contributed by atoms with van der Waals surface area (Å²) in [5.74, 6) is -1.20. The molecule has 0 bridgehead atoms. The van der Waals surface area contributed by atoms with Crippen LogP contribution in [-0.4, -0.2) is 23.5 Å². The second-order valence-electron chi connectivity index (χ2n) is 5.82. The van der Waals surface area contributed by atoms with Gasteiger partial charge in [-0.25, -0.2) is 0 Å². The highest BCUT2D eigenvalue weighted by Crippen LogP contribution is 2.31. The van der Waals surface area contributed by atoms with E-state index >= 15 is 0 Å². The SMILES string of the molecule is CC(C)(C)CNC(=O)C1CCC(C(=O)O)C1. The normalized spacial score (nSPS) is 25.4. The Bertz CT molecular complexity index is 280. The third kappa shape index (κ3) is 3.83. The summed E-state index contributed by atoms with van der Waals surface area (Å²) >= 11 is 0. The van der Waals surface area contributed by atoms with Crippen LogP contribution in [0.25, 0.3) is 0 Å². The van der Waals surface area contributed by atoms with Crippen molar-refractivity contribution >= 4 is 11.9 Å². The molecule has 2 atom stereocenters. The molecule has 1 saturated carbocycles. The summed E-state index contributed by atoms with van der Waals surface area (Å²) in [6.07, 6.45) is 1.82. The molecule has 0 radical (unpaired) electrons. The molecule has 1 aliphatic carbocycles. The van der Waals surface area contributed by atoms with E-state index in [-0.39, 0.29) is 23.2 Å². The van der Waals surface area contributed by atoms with Crippen molar-refractivity contribution in [3.05, 3.63) is 0 Å². The maximum atomic E-state index is 11.8. The molecule has 0 aromatic carbocycles. The molecule has 0 aliphatic heterocycles. The number of carbonyl (C=O) groups is 2. The molecule has 1 rings (SSSR count). The first kappa shape index (κ1) is 13.0. The Morgan fingerprint density at radius 2 is 1.81 bits per heavy atom. The standard InChI is InChI=1S/C12H21NO3/c1-12(2,3)7-13-10(14)8-4-5-9(6-8)11(15)16/h8-9H,4-7H2,1-3H3,(H,13,14)(H,15,16). The fourth-order valence-electron chi connectivity index (χ4n) is 1.94. The fourth-order valence-corrected chi connectivity index (χ4v) is 1.94. The van der Waals surface area contributed by atoms with Gasteiger partial charge >= 0.3 is 5.97 Å². The average molecular weight is 227 g/mol. The van der Waals surface area contributed by atoms with Gasteiger partial charge in [0.15, 0.2) is 0 Å². The van der Waals surface area contributed by atoms with Gasteiger partial charge in [-0.1, -0.05) is 20.8 Å². The predicted octanol–water partition coefficient (Wildman–Crippen LogP) is 1.65. The molecule has 0 aromatic rings. The van der Waals surface area contributed by atoms with Crippen LogP contribution in [-0.2, 0) is 9.59 Å². The van der Waals surface area contributed by atoms with Gasteiger partial charge in [0, 0.05) is 12.5 Å². The van der Waals surface area contributed by atoms with Crippen LogP contribution in [0.2, 0.25) is 0 Å². The van der Waals surface area contributed by atoms with Crippen LogP contribution in [0.1, 0.15) is 40.0 Å². The van der Waals surface area contributed by atoms with Crippen LogP contribution in [0.4, 0.5) is 0 Å². The highest BCUT2D eigenvalue weighted by Gasteiger charge is 2.33. The van der Waals surface area contributed by atoms with Crippen molar-refractivity contribution in [1.82, 2.24) is 5.32 Å². The number of hydrogen-bond acceptors (Lipinski definition) is 2. The fraction of sp³-hybridized carbons (Fsp3) is 0.833. The molecule has 92 valence electrons. The molecule has 0 aromatic heterocycles. The van der Waals surface area contributed by atoms with Crippen LogP contribution >= 0.6 is 0 Å². The number of aliphatic carboxylic acids is 1. The number of carboxylic acid groups (broad SMARTS) is 1. The van der Waals surface area contributed by atoms with E-state index in [0.717, 1.165) is 0 Å². The van der Waals surface area contributed by atoms with Gasteiger partial charge in [0.25, 0.3) is 0 Å². The highest BCUT2D eigenvalue weighted by atomic mass is 16.4. The largest absolute Gasteiger partial charge is 0.481 e. The van der Waals surface area contributed by atoms with Crippen LogP contribution in [0.15, 0.2) is 0 Å². The van der Waals surface area contributed by atoms with Gasteiger partial charge in [-0.15, -0.1) is 0 Å². The molecule has 1 aliphatic rings. The van der Waals surface area contributed by atoms with E-state index in [1.54, 1.807) is 0 Å². The first-order valence-corrected chi connectivity index (χ1v) is 5.80. The van der Waals surface area contributed by atoms with Crippen molar-refractivity contribution < 1.29 is 14.7 Å². The number of nitrogens with one attached hydrogen (secondary N) is 1. The summed E-state index contributed by atoms with van der Waals surface area (Å²) in [4.78, 5) is 22.5. The molecule has 1 amide bonds. The first-order chi connectivity index (χ1) is 7.29. The zero-order valence-corrected chi connectivity index (χ0v) is 10.2. The Balaban J connectivity index is 2.37. The minimum atomic E-state index is -0.772. The maximum Gasteiger partial charge on any atom is 0.306 e. The minimum Gasteiger partial charge on any atom is -0.481 e. The van der Waals surface area contributed by atoms with Crippen molar-refractivity contribution in [2.24, 2.45) is 17.3 Å². The molecule has 16 heavy (non-hydrogen) atoms. The van der Waals surface area contributed by atoms with Crippen LogP contribution < -0.4 is 5.32 Å². The van der Waals surface area contributed by atoms with Crippen molar-refractivity contribution in [2.75, 3.05) is 6.54 Å². The monoisotopic (exact) mass is 227 g/mol. The number of carbonyl (C=O) groups excluding carboxylic acids is 1. The Morgan fingerprint density at radius 3 is 2.25 bits per heavy atom. The predicted molar refractivity (Wildman–Crippen MR) is 60.9 cm³/mol. The summed E-state index contributed by atoms with van der Waals surface area (Å²) in [5, 5.41) is 11.7. The molecule has 2 N–H and O–H groups in total. The van der Waals surface area contributed by atoms with E-state index in [4.69, 9.17) is 5.11 Å². The van der Waals surface area contributed by atoms with Crippen molar-refractivity contribution in [1.29, 1.82) is 0 Å². The van der Waals surface area contributed by atoms with E-state index in [1.807, 2.05) is 0 Å². The van der Waals surface area contributed by atoms with E-state index in [9.17, 15) is 9.59 Å². The van der Waals surface area contributed by atoms with E-state index in [1.165, 1.54) is 0 Å². The molecular formula is C12H21NO3. The topological polar surface area (TPSA) is 66.4 Å². The second kappa shape index (κ2) is 4.85. The zero-order chi connectivity index (χ0) is 12.3. The lowest BCUT2D eigenvalue weighted by molar-refractivity contribution is -0.141. The highest BCUT2D eigenvalue weighted by molar-refractivity contribution is 5.80.